The van der Waals surface area contributed by atoms with Gasteiger partial charge in [0.25, 0.3) is 5.56 Å². The monoisotopic (exact) mass is 497 g/mol. The first-order valence-corrected chi connectivity index (χ1v) is 11.7. The molecule has 1 aliphatic rings. The number of fused-ring (bicyclic) bond motifs is 2. The van der Waals surface area contributed by atoms with Gasteiger partial charge < -0.3 is 14.8 Å². The van der Waals surface area contributed by atoms with E-state index in [1.54, 1.807) is 30.3 Å². The minimum atomic E-state index is -0.622. The second-order valence-corrected chi connectivity index (χ2v) is 9.65. The van der Waals surface area contributed by atoms with E-state index in [0.717, 1.165) is 20.6 Å². The number of rotatable bonds is 4. The minimum absolute atomic E-state index is 0.0710. The Balaban J connectivity index is 1.64. The fraction of sp³-hybridized carbons (Fsp3) is 0.208. The number of hydrogen-bond donors (Lipinski definition) is 1. The summed E-state index contributed by atoms with van der Waals surface area (Å²) in [6, 6.07) is 10.1. The lowest BCUT2D eigenvalue weighted by Gasteiger charge is -2.13. The third-order valence-electron chi connectivity index (χ3n) is 5.77. The van der Waals surface area contributed by atoms with Gasteiger partial charge in [-0.3, -0.25) is 14.2 Å². The van der Waals surface area contributed by atoms with Gasteiger partial charge in [-0.15, -0.1) is 11.3 Å². The van der Waals surface area contributed by atoms with Crippen LogP contribution in [0.1, 0.15) is 16.0 Å². The van der Waals surface area contributed by atoms with E-state index in [1.165, 1.54) is 15.9 Å². The first-order chi connectivity index (χ1) is 16.2. The Morgan fingerprint density at radius 1 is 1.09 bits per heavy atom. The molecule has 5 rings (SSSR count). The number of hydrogen-bond acceptors (Lipinski definition) is 6. The maximum Gasteiger partial charge on any atom is 0.337 e. The zero-order valence-electron chi connectivity index (χ0n) is 18.6. The Bertz CT molecular complexity index is 1600. The molecule has 2 aromatic heterocycles. The standard InChI is InChI=1S/C24H20ClN3O5S/c1-12-4-6-17(16(25)8-12)26-20(29)10-27-23-21(13(2)14(3)34-23)22(30)28(24(27)31)15-5-7-18-19(9-15)33-11-32-18/h4-9H,10-11H2,1-3H3,(H,26,29). The molecule has 0 saturated carbocycles. The summed E-state index contributed by atoms with van der Waals surface area (Å²) in [5.41, 5.74) is 1.45. The van der Waals surface area contributed by atoms with Gasteiger partial charge >= 0.3 is 5.69 Å². The first-order valence-electron chi connectivity index (χ1n) is 10.5. The van der Waals surface area contributed by atoms with Gasteiger partial charge in [-0.05, 0) is 56.2 Å². The quantitative estimate of drug-likeness (QED) is 0.457. The number of thiophene rings is 1. The molecule has 0 unspecified atom stereocenters. The smallest absolute Gasteiger partial charge is 0.337 e. The van der Waals surface area contributed by atoms with Crippen molar-refractivity contribution < 1.29 is 14.3 Å². The molecule has 10 heteroatoms. The van der Waals surface area contributed by atoms with Gasteiger partial charge in [0, 0.05) is 10.9 Å². The van der Waals surface area contributed by atoms with E-state index < -0.39 is 17.2 Å². The first kappa shape index (κ1) is 22.2. The average Bonchev–Trinajstić information content (AvgIpc) is 3.37. The molecular weight excluding hydrogens is 478 g/mol. The largest absolute Gasteiger partial charge is 0.454 e. The summed E-state index contributed by atoms with van der Waals surface area (Å²) in [5.74, 6) is 0.546. The fourth-order valence-corrected chi connectivity index (χ4v) is 5.33. The molecule has 0 radical (unpaired) electrons. The Labute approximate surface area is 202 Å². The summed E-state index contributed by atoms with van der Waals surface area (Å²) >= 11 is 7.56. The number of nitrogens with one attached hydrogen (secondary N) is 1. The summed E-state index contributed by atoms with van der Waals surface area (Å²) in [6.07, 6.45) is 0. The molecule has 0 aliphatic carbocycles. The van der Waals surface area contributed by atoms with Gasteiger partial charge in [-0.2, -0.15) is 0 Å². The molecule has 0 saturated heterocycles. The van der Waals surface area contributed by atoms with Crippen molar-refractivity contribution in [3.63, 3.8) is 0 Å². The summed E-state index contributed by atoms with van der Waals surface area (Å²) in [7, 11) is 0. The predicted molar refractivity (Wildman–Crippen MR) is 132 cm³/mol. The van der Waals surface area contributed by atoms with E-state index in [-0.39, 0.29) is 13.3 Å². The van der Waals surface area contributed by atoms with Crippen LogP contribution in [0.5, 0.6) is 11.5 Å². The van der Waals surface area contributed by atoms with Crippen LogP contribution in [0.2, 0.25) is 5.02 Å². The van der Waals surface area contributed by atoms with Crippen molar-refractivity contribution in [2.45, 2.75) is 27.3 Å². The van der Waals surface area contributed by atoms with E-state index in [2.05, 4.69) is 5.32 Å². The Morgan fingerprint density at radius 2 is 1.85 bits per heavy atom. The number of anilines is 1. The number of aryl methyl sites for hydroxylation is 3. The van der Waals surface area contributed by atoms with Gasteiger partial charge in [0.2, 0.25) is 12.7 Å². The van der Waals surface area contributed by atoms with Crippen LogP contribution in [0.15, 0.2) is 46.0 Å². The number of halogens is 1. The molecule has 34 heavy (non-hydrogen) atoms. The second kappa shape index (κ2) is 8.34. The molecule has 1 N–H and O–H groups in total. The van der Waals surface area contributed by atoms with Gasteiger partial charge in [-0.1, -0.05) is 17.7 Å². The zero-order valence-corrected chi connectivity index (χ0v) is 20.2. The average molecular weight is 498 g/mol. The van der Waals surface area contributed by atoms with Crippen LogP contribution in [0.4, 0.5) is 5.69 Å². The fourth-order valence-electron chi connectivity index (χ4n) is 3.90. The van der Waals surface area contributed by atoms with Crippen LogP contribution >= 0.6 is 22.9 Å². The highest BCUT2D eigenvalue weighted by molar-refractivity contribution is 7.18. The van der Waals surface area contributed by atoms with E-state index in [0.29, 0.717) is 38.1 Å². The third-order valence-corrected chi connectivity index (χ3v) is 7.31. The number of benzene rings is 2. The molecule has 0 spiro atoms. The lowest BCUT2D eigenvalue weighted by molar-refractivity contribution is -0.116. The van der Waals surface area contributed by atoms with E-state index >= 15 is 0 Å². The predicted octanol–water partition coefficient (Wildman–Crippen LogP) is 4.16. The number of carbonyl (C=O) groups is 1. The lowest BCUT2D eigenvalue weighted by Crippen LogP contribution is -2.40. The number of ether oxygens (including phenoxy) is 2. The number of aromatic nitrogens is 2. The molecule has 1 amide bonds. The van der Waals surface area contributed by atoms with Crippen molar-refractivity contribution in [2.75, 3.05) is 12.1 Å². The van der Waals surface area contributed by atoms with Crippen molar-refractivity contribution in [1.29, 1.82) is 0 Å². The van der Waals surface area contributed by atoms with Crippen molar-refractivity contribution in [3.05, 3.63) is 78.3 Å². The Morgan fingerprint density at radius 3 is 2.62 bits per heavy atom. The van der Waals surface area contributed by atoms with Crippen molar-refractivity contribution in [3.8, 4) is 17.2 Å². The Hall–Kier alpha value is -3.56. The van der Waals surface area contributed by atoms with Crippen molar-refractivity contribution >= 4 is 44.7 Å². The van der Waals surface area contributed by atoms with Gasteiger partial charge in [0.05, 0.1) is 21.8 Å². The van der Waals surface area contributed by atoms with Crippen LogP contribution in [0.25, 0.3) is 15.9 Å². The Kier molecular flexibility index (Phi) is 5.45. The summed E-state index contributed by atoms with van der Waals surface area (Å²) < 4.78 is 13.1. The van der Waals surface area contributed by atoms with Crippen LogP contribution in [0.3, 0.4) is 0 Å². The second-order valence-electron chi connectivity index (χ2n) is 8.04. The molecule has 0 bridgehead atoms. The van der Waals surface area contributed by atoms with E-state index in [9.17, 15) is 14.4 Å². The van der Waals surface area contributed by atoms with Gasteiger partial charge in [0.1, 0.15) is 11.4 Å². The SMILES string of the molecule is Cc1ccc(NC(=O)Cn2c(=O)n(-c3ccc4c(c3)OCO4)c(=O)c3c(C)c(C)sc32)c(Cl)c1. The number of amides is 1. The zero-order chi connectivity index (χ0) is 24.1. The molecule has 1 aliphatic heterocycles. The topological polar surface area (TPSA) is 91.6 Å². The normalized spacial score (nSPS) is 12.4. The van der Waals surface area contributed by atoms with Crippen LogP contribution in [0, 0.1) is 20.8 Å². The highest BCUT2D eigenvalue weighted by Crippen LogP contribution is 2.33. The number of carbonyl (C=O) groups excluding carboxylic acids is 1. The summed E-state index contributed by atoms with van der Waals surface area (Å²) in [4.78, 5) is 41.3. The van der Waals surface area contributed by atoms with Crippen LogP contribution in [-0.4, -0.2) is 21.8 Å². The minimum Gasteiger partial charge on any atom is -0.454 e. The molecular formula is C24H20ClN3O5S. The molecule has 0 atom stereocenters. The van der Waals surface area contributed by atoms with Crippen molar-refractivity contribution in [2.24, 2.45) is 0 Å². The van der Waals surface area contributed by atoms with Crippen LogP contribution < -0.4 is 26.0 Å². The molecule has 0 fully saturated rings. The number of nitrogens with zero attached hydrogens (tertiary/aromatic N) is 2. The summed E-state index contributed by atoms with van der Waals surface area (Å²) in [5, 5.41) is 3.56. The molecule has 4 aromatic rings. The highest BCUT2D eigenvalue weighted by atomic mass is 35.5. The van der Waals surface area contributed by atoms with E-state index in [4.69, 9.17) is 21.1 Å². The van der Waals surface area contributed by atoms with Gasteiger partial charge in [0.15, 0.2) is 11.5 Å². The molecule has 8 nitrogen and oxygen atoms in total. The van der Waals surface area contributed by atoms with E-state index in [1.807, 2.05) is 26.8 Å². The molecule has 2 aromatic carbocycles. The van der Waals surface area contributed by atoms with Crippen LogP contribution in [-0.2, 0) is 11.3 Å². The molecule has 174 valence electrons. The maximum atomic E-state index is 13.6. The molecule has 3 heterocycles. The van der Waals surface area contributed by atoms with Gasteiger partial charge in [-0.25, -0.2) is 9.36 Å². The summed E-state index contributed by atoms with van der Waals surface area (Å²) in [6.45, 7) is 5.39. The maximum absolute atomic E-state index is 13.6. The lowest BCUT2D eigenvalue weighted by atomic mass is 10.2. The van der Waals surface area contributed by atoms with Crippen molar-refractivity contribution in [1.82, 2.24) is 9.13 Å². The highest BCUT2D eigenvalue weighted by Gasteiger charge is 2.23. The third kappa shape index (κ3) is 3.66.